The monoisotopic (exact) mass is 387 g/mol. The van der Waals surface area contributed by atoms with E-state index in [2.05, 4.69) is 6.55 Å². The molecule has 1 aromatic rings. The molecule has 1 atom stereocenters. The topological polar surface area (TPSA) is 81.4 Å². The van der Waals surface area contributed by atoms with Crippen molar-refractivity contribution in [2.75, 3.05) is 34.5 Å². The van der Waals surface area contributed by atoms with Crippen LogP contribution >= 0.6 is 0 Å². The van der Waals surface area contributed by atoms with E-state index in [9.17, 15) is 0 Å². The molecule has 0 aliphatic carbocycles. The standard InChI is InChI=1S/C16H29NO6Si2/c1-18-25(19-2,20-3)11-9-21-15-6-7-16-14(12-15)13-22-24(4,23-16)10-5-8-17/h6-7,12H,5,8-11,13,17H2,1-4H3. The summed E-state index contributed by atoms with van der Waals surface area (Å²) >= 11 is 0. The number of rotatable bonds is 10. The van der Waals surface area contributed by atoms with Crippen LogP contribution in [0.5, 0.6) is 11.5 Å². The zero-order valence-electron chi connectivity index (χ0n) is 15.5. The Hall–Kier alpha value is -0.946. The van der Waals surface area contributed by atoms with Gasteiger partial charge in [-0.25, -0.2) is 0 Å². The molecule has 1 aliphatic heterocycles. The molecule has 25 heavy (non-hydrogen) atoms. The van der Waals surface area contributed by atoms with E-state index in [1.165, 1.54) is 0 Å². The van der Waals surface area contributed by atoms with Crippen LogP contribution in [0.4, 0.5) is 0 Å². The van der Waals surface area contributed by atoms with Crippen LogP contribution in [-0.4, -0.2) is 51.8 Å². The summed E-state index contributed by atoms with van der Waals surface area (Å²) in [7, 11) is 0.0199. The Morgan fingerprint density at radius 2 is 1.92 bits per heavy atom. The van der Waals surface area contributed by atoms with Crippen LogP contribution in [0.3, 0.4) is 0 Å². The van der Waals surface area contributed by atoms with Gasteiger partial charge >= 0.3 is 17.4 Å². The summed E-state index contributed by atoms with van der Waals surface area (Å²) in [6.07, 6.45) is 0.920. The van der Waals surface area contributed by atoms with Gasteiger partial charge in [-0.05, 0) is 37.7 Å². The van der Waals surface area contributed by atoms with E-state index in [4.69, 9.17) is 32.6 Å². The Kier molecular flexibility index (Phi) is 7.43. The average Bonchev–Trinajstić information content (AvgIpc) is 2.64. The zero-order valence-corrected chi connectivity index (χ0v) is 17.5. The van der Waals surface area contributed by atoms with Crippen LogP contribution in [0, 0.1) is 0 Å². The Morgan fingerprint density at radius 3 is 2.56 bits per heavy atom. The minimum atomic E-state index is -2.61. The third-order valence-corrected chi connectivity index (χ3v) is 9.69. The highest BCUT2D eigenvalue weighted by molar-refractivity contribution is 6.67. The first-order valence-electron chi connectivity index (χ1n) is 8.44. The second-order valence-corrected chi connectivity index (χ2v) is 12.4. The van der Waals surface area contributed by atoms with E-state index in [-0.39, 0.29) is 0 Å². The second-order valence-electron chi connectivity index (χ2n) is 6.08. The lowest BCUT2D eigenvalue weighted by Gasteiger charge is -2.33. The van der Waals surface area contributed by atoms with Crippen molar-refractivity contribution >= 4 is 17.4 Å². The maximum atomic E-state index is 6.14. The van der Waals surface area contributed by atoms with Crippen LogP contribution in [-0.2, 0) is 24.3 Å². The van der Waals surface area contributed by atoms with Gasteiger partial charge in [0, 0.05) is 32.9 Å². The Bertz CT molecular complexity index is 549. The highest BCUT2D eigenvalue weighted by atomic mass is 28.4. The molecule has 0 saturated heterocycles. The van der Waals surface area contributed by atoms with Crippen LogP contribution in [0.15, 0.2) is 18.2 Å². The molecule has 1 aliphatic rings. The maximum Gasteiger partial charge on any atom is 0.503 e. The van der Waals surface area contributed by atoms with E-state index >= 15 is 0 Å². The molecule has 0 bridgehead atoms. The first kappa shape index (κ1) is 20.4. The lowest BCUT2D eigenvalue weighted by Crippen LogP contribution is -2.45. The Balaban J connectivity index is 1.94. The fraction of sp³-hybridized carbons (Fsp3) is 0.625. The number of hydrogen-bond donors (Lipinski definition) is 1. The van der Waals surface area contributed by atoms with Crippen molar-refractivity contribution in [2.45, 2.75) is 31.7 Å². The number of benzene rings is 1. The zero-order chi connectivity index (χ0) is 18.3. The van der Waals surface area contributed by atoms with Gasteiger partial charge < -0.3 is 32.6 Å². The summed E-state index contributed by atoms with van der Waals surface area (Å²) in [5, 5.41) is 0. The van der Waals surface area contributed by atoms with E-state index in [0.717, 1.165) is 29.5 Å². The van der Waals surface area contributed by atoms with Gasteiger partial charge in [0.25, 0.3) is 0 Å². The molecule has 0 fully saturated rings. The van der Waals surface area contributed by atoms with Crippen molar-refractivity contribution in [1.29, 1.82) is 0 Å². The second kappa shape index (κ2) is 9.13. The smallest absolute Gasteiger partial charge is 0.503 e. The molecule has 142 valence electrons. The average molecular weight is 388 g/mol. The minimum Gasteiger partial charge on any atom is -0.520 e. The first-order chi connectivity index (χ1) is 12.0. The van der Waals surface area contributed by atoms with Gasteiger partial charge in [0.1, 0.15) is 11.5 Å². The highest BCUT2D eigenvalue weighted by Crippen LogP contribution is 2.34. The van der Waals surface area contributed by atoms with Crippen molar-refractivity contribution in [2.24, 2.45) is 5.73 Å². The van der Waals surface area contributed by atoms with Gasteiger partial charge in [0.2, 0.25) is 0 Å². The summed E-state index contributed by atoms with van der Waals surface area (Å²) in [6.45, 7) is 3.74. The fourth-order valence-corrected chi connectivity index (χ4v) is 6.49. The summed E-state index contributed by atoms with van der Waals surface area (Å²) in [5.74, 6) is 1.66. The molecule has 9 heteroatoms. The summed E-state index contributed by atoms with van der Waals surface area (Å²) < 4.78 is 34.2. The molecule has 1 unspecified atom stereocenters. The normalized spacial score (nSPS) is 20.0. The van der Waals surface area contributed by atoms with Gasteiger partial charge in [0.05, 0.1) is 19.3 Å². The van der Waals surface area contributed by atoms with Crippen molar-refractivity contribution in [3.63, 3.8) is 0 Å². The third kappa shape index (κ3) is 5.27. The summed E-state index contributed by atoms with van der Waals surface area (Å²) in [5.41, 5.74) is 6.60. The Labute approximate surface area is 151 Å². The molecule has 2 rings (SSSR count). The van der Waals surface area contributed by atoms with Gasteiger partial charge in [-0.15, -0.1) is 0 Å². The third-order valence-electron chi connectivity index (χ3n) is 4.34. The van der Waals surface area contributed by atoms with Crippen molar-refractivity contribution < 1.29 is 26.9 Å². The Morgan fingerprint density at radius 1 is 1.20 bits per heavy atom. The van der Waals surface area contributed by atoms with Crippen LogP contribution in [0.1, 0.15) is 12.0 Å². The quantitative estimate of drug-likeness (QED) is 0.617. The van der Waals surface area contributed by atoms with E-state index in [0.29, 0.717) is 25.8 Å². The van der Waals surface area contributed by atoms with Crippen molar-refractivity contribution in [3.8, 4) is 11.5 Å². The molecule has 0 saturated carbocycles. The predicted molar refractivity (Wildman–Crippen MR) is 99.0 cm³/mol. The first-order valence-corrected chi connectivity index (χ1v) is 12.9. The molecule has 0 radical (unpaired) electrons. The molecule has 7 nitrogen and oxygen atoms in total. The van der Waals surface area contributed by atoms with E-state index in [1.807, 2.05) is 18.2 Å². The number of fused-ring (bicyclic) bond motifs is 1. The lowest BCUT2D eigenvalue weighted by molar-refractivity contribution is 0.117. The van der Waals surface area contributed by atoms with Gasteiger partial charge in [-0.1, -0.05) is 0 Å². The number of nitrogens with two attached hydrogens (primary N) is 1. The molecule has 1 aromatic carbocycles. The highest BCUT2D eigenvalue weighted by Gasteiger charge is 2.38. The SMILES string of the molecule is CO[Si](CCOc1ccc2c(c1)CO[Si](C)(CCCN)O2)(OC)OC. The van der Waals surface area contributed by atoms with Crippen LogP contribution < -0.4 is 14.9 Å². The van der Waals surface area contributed by atoms with E-state index < -0.39 is 17.4 Å². The molecule has 1 heterocycles. The minimum absolute atomic E-state index is 0.450. The van der Waals surface area contributed by atoms with Crippen LogP contribution in [0.2, 0.25) is 18.6 Å². The van der Waals surface area contributed by atoms with Crippen LogP contribution in [0.25, 0.3) is 0 Å². The predicted octanol–water partition coefficient (Wildman–Crippen LogP) is 2.27. The number of hydrogen-bond acceptors (Lipinski definition) is 7. The molecular formula is C16H29NO6Si2. The summed E-state index contributed by atoms with van der Waals surface area (Å²) in [6, 6.07) is 7.30. The van der Waals surface area contributed by atoms with Crippen molar-refractivity contribution in [1.82, 2.24) is 0 Å². The van der Waals surface area contributed by atoms with Crippen molar-refractivity contribution in [3.05, 3.63) is 23.8 Å². The van der Waals surface area contributed by atoms with E-state index in [1.54, 1.807) is 21.3 Å². The van der Waals surface area contributed by atoms with Gasteiger partial charge in [-0.2, -0.15) is 0 Å². The van der Waals surface area contributed by atoms with Gasteiger partial charge in [-0.3, -0.25) is 0 Å². The fourth-order valence-electron chi connectivity index (χ4n) is 2.75. The maximum absolute atomic E-state index is 6.14. The number of ether oxygens (including phenoxy) is 1. The molecule has 0 aromatic heterocycles. The molecule has 0 spiro atoms. The largest absolute Gasteiger partial charge is 0.520 e. The summed E-state index contributed by atoms with van der Waals surface area (Å²) in [4.78, 5) is 0. The van der Waals surface area contributed by atoms with Gasteiger partial charge in [0.15, 0.2) is 0 Å². The molecule has 2 N–H and O–H groups in total. The molecular weight excluding hydrogens is 358 g/mol. The lowest BCUT2D eigenvalue weighted by atomic mass is 10.2. The molecule has 0 amide bonds.